The Labute approximate surface area is 200 Å². The molecule has 3 aromatic rings. The molecule has 0 saturated heterocycles. The summed E-state index contributed by atoms with van der Waals surface area (Å²) in [6.45, 7) is 7.42. The van der Waals surface area contributed by atoms with Gasteiger partial charge in [0.25, 0.3) is 5.91 Å². The van der Waals surface area contributed by atoms with Crippen LogP contribution in [0.2, 0.25) is 0 Å². The van der Waals surface area contributed by atoms with Crippen LogP contribution in [0.4, 0.5) is 0 Å². The molecule has 3 rings (SSSR count). The number of benzene rings is 2. The zero-order valence-electron chi connectivity index (χ0n) is 20.1. The summed E-state index contributed by atoms with van der Waals surface area (Å²) in [6, 6.07) is 17.7. The van der Waals surface area contributed by atoms with Crippen LogP contribution in [0.15, 0.2) is 54.6 Å². The highest BCUT2D eigenvalue weighted by molar-refractivity contribution is 5.97. The first-order valence-corrected chi connectivity index (χ1v) is 11.6. The molecule has 180 valence electrons. The number of hydroxylamine groups is 1. The molecular weight excluding hydrogens is 430 g/mol. The number of carbonyl (C=O) groups is 2. The molecule has 0 aliphatic carbocycles. The van der Waals surface area contributed by atoms with Gasteiger partial charge in [0.2, 0.25) is 5.91 Å². The van der Waals surface area contributed by atoms with E-state index in [-0.39, 0.29) is 17.7 Å². The Morgan fingerprint density at radius 2 is 1.74 bits per heavy atom. The van der Waals surface area contributed by atoms with Crippen LogP contribution in [-0.4, -0.2) is 28.6 Å². The number of hydrogen-bond donors (Lipinski definition) is 3. The number of fused-ring (bicyclic) bond motifs is 1. The van der Waals surface area contributed by atoms with Crippen LogP contribution in [0.25, 0.3) is 10.9 Å². The molecule has 0 aliphatic heterocycles. The van der Waals surface area contributed by atoms with Crippen LogP contribution in [-0.2, 0) is 16.8 Å². The zero-order valence-corrected chi connectivity index (χ0v) is 20.1. The maximum Gasteiger partial charge on any atom is 0.270 e. The number of pyridine rings is 1. The molecule has 0 fully saturated rings. The minimum absolute atomic E-state index is 0.0943. The van der Waals surface area contributed by atoms with E-state index in [0.29, 0.717) is 36.5 Å². The molecule has 0 unspecified atom stereocenters. The summed E-state index contributed by atoms with van der Waals surface area (Å²) in [5, 5.41) is 12.2. The average Bonchev–Trinajstić information content (AvgIpc) is 2.83. The number of unbranched alkanes of at least 4 members (excludes halogenated alkanes) is 2. The van der Waals surface area contributed by atoms with E-state index < -0.39 is 5.91 Å². The number of hydrogen-bond acceptors (Lipinski definition) is 5. The first kappa shape index (κ1) is 25.2. The highest BCUT2D eigenvalue weighted by Gasteiger charge is 2.15. The third kappa shape index (κ3) is 7.02. The van der Waals surface area contributed by atoms with Crippen LogP contribution >= 0.6 is 0 Å². The average molecular weight is 464 g/mol. The summed E-state index contributed by atoms with van der Waals surface area (Å²) < 4.78 is 6.13. The molecular formula is C27H33N3O4. The Bertz CT molecular complexity index is 1120. The summed E-state index contributed by atoms with van der Waals surface area (Å²) in [5.74, 6) is -0.0500. The number of para-hydroxylation sites is 1. The molecule has 0 radical (unpaired) electrons. The third-order valence-corrected chi connectivity index (χ3v) is 5.62. The van der Waals surface area contributed by atoms with Gasteiger partial charge in [-0.3, -0.25) is 14.8 Å². The molecule has 34 heavy (non-hydrogen) atoms. The molecule has 1 heterocycles. The van der Waals surface area contributed by atoms with Gasteiger partial charge in [-0.05, 0) is 41.5 Å². The minimum atomic E-state index is -0.401. The van der Waals surface area contributed by atoms with Crippen LogP contribution in [0, 0.1) is 0 Å². The summed E-state index contributed by atoms with van der Waals surface area (Å²) in [6.07, 6.45) is 2.40. The third-order valence-electron chi connectivity index (χ3n) is 5.62. The lowest BCUT2D eigenvalue weighted by Crippen LogP contribution is -2.25. The van der Waals surface area contributed by atoms with E-state index in [1.807, 2.05) is 24.3 Å². The van der Waals surface area contributed by atoms with Gasteiger partial charge in [0, 0.05) is 24.4 Å². The monoisotopic (exact) mass is 463 g/mol. The number of nitrogens with zero attached hydrogens (tertiary/aromatic N) is 1. The Morgan fingerprint density at radius 1 is 1.00 bits per heavy atom. The predicted octanol–water partition coefficient (Wildman–Crippen LogP) is 4.91. The predicted molar refractivity (Wildman–Crippen MR) is 132 cm³/mol. The van der Waals surface area contributed by atoms with E-state index in [9.17, 15) is 9.59 Å². The Balaban J connectivity index is 1.64. The Hall–Kier alpha value is -3.45. The van der Waals surface area contributed by atoms with E-state index >= 15 is 0 Å². The highest BCUT2D eigenvalue weighted by atomic mass is 16.5. The normalized spacial score (nSPS) is 11.3. The summed E-state index contributed by atoms with van der Waals surface area (Å²) >= 11 is 0. The molecule has 0 spiro atoms. The smallest absolute Gasteiger partial charge is 0.270 e. The van der Waals surface area contributed by atoms with Gasteiger partial charge < -0.3 is 10.1 Å². The maximum atomic E-state index is 12.7. The summed E-state index contributed by atoms with van der Waals surface area (Å²) in [5.41, 5.74) is 5.03. The van der Waals surface area contributed by atoms with E-state index in [1.165, 1.54) is 5.56 Å². The largest absolute Gasteiger partial charge is 0.488 e. The van der Waals surface area contributed by atoms with Crippen molar-refractivity contribution >= 4 is 22.7 Å². The van der Waals surface area contributed by atoms with Crippen molar-refractivity contribution in [1.82, 2.24) is 15.8 Å². The van der Waals surface area contributed by atoms with Gasteiger partial charge >= 0.3 is 0 Å². The van der Waals surface area contributed by atoms with E-state index in [0.717, 1.165) is 23.8 Å². The van der Waals surface area contributed by atoms with E-state index in [1.54, 1.807) is 11.5 Å². The lowest BCUT2D eigenvalue weighted by atomic mass is 9.87. The maximum absolute atomic E-state index is 12.7. The van der Waals surface area contributed by atoms with Gasteiger partial charge in [0.15, 0.2) is 0 Å². The fraction of sp³-hybridized carbons (Fsp3) is 0.370. The second-order valence-electron chi connectivity index (χ2n) is 9.36. The second kappa shape index (κ2) is 11.6. The molecule has 1 aromatic heterocycles. The molecule has 0 saturated carbocycles. The quantitative estimate of drug-likeness (QED) is 0.225. The van der Waals surface area contributed by atoms with Crippen molar-refractivity contribution in [2.45, 2.75) is 58.5 Å². The fourth-order valence-electron chi connectivity index (χ4n) is 3.58. The first-order chi connectivity index (χ1) is 16.3. The van der Waals surface area contributed by atoms with Crippen LogP contribution in [0.3, 0.4) is 0 Å². The number of ether oxygens (including phenoxy) is 1. The van der Waals surface area contributed by atoms with Gasteiger partial charge in [0.1, 0.15) is 18.1 Å². The molecule has 0 bridgehead atoms. The number of rotatable bonds is 10. The van der Waals surface area contributed by atoms with Crippen molar-refractivity contribution < 1.29 is 19.5 Å². The van der Waals surface area contributed by atoms with E-state index in [4.69, 9.17) is 9.94 Å². The SMILES string of the molecule is CC(C)(C)c1ccc(COc2cc(C(=O)NCCCCCC(=O)NO)nc3ccccc23)cc1. The van der Waals surface area contributed by atoms with Gasteiger partial charge in [-0.25, -0.2) is 10.5 Å². The van der Waals surface area contributed by atoms with Gasteiger partial charge in [0.05, 0.1) is 5.52 Å². The molecule has 0 atom stereocenters. The van der Waals surface area contributed by atoms with Crippen molar-refractivity contribution in [3.8, 4) is 5.75 Å². The number of carbonyl (C=O) groups excluding carboxylic acids is 2. The van der Waals surface area contributed by atoms with Crippen molar-refractivity contribution in [3.63, 3.8) is 0 Å². The van der Waals surface area contributed by atoms with Crippen molar-refractivity contribution in [2.24, 2.45) is 0 Å². The summed E-state index contributed by atoms with van der Waals surface area (Å²) in [4.78, 5) is 28.2. The lowest BCUT2D eigenvalue weighted by molar-refractivity contribution is -0.129. The fourth-order valence-corrected chi connectivity index (χ4v) is 3.58. The highest BCUT2D eigenvalue weighted by Crippen LogP contribution is 2.27. The zero-order chi connectivity index (χ0) is 24.6. The van der Waals surface area contributed by atoms with Crippen molar-refractivity contribution in [2.75, 3.05) is 6.54 Å². The van der Waals surface area contributed by atoms with Crippen molar-refractivity contribution in [3.05, 3.63) is 71.4 Å². The Kier molecular flexibility index (Phi) is 8.60. The molecule has 7 heteroatoms. The molecule has 0 aliphatic rings. The number of nitrogens with one attached hydrogen (secondary N) is 2. The lowest BCUT2D eigenvalue weighted by Gasteiger charge is -2.19. The number of amides is 2. The van der Waals surface area contributed by atoms with Gasteiger partial charge in [-0.1, -0.05) is 63.6 Å². The standard InChI is InChI=1S/C27H33N3O4/c1-27(2,3)20-14-12-19(13-15-20)18-34-24-17-23(29-22-10-7-6-9-21(22)24)26(32)28-16-8-4-5-11-25(31)30-33/h6-7,9-10,12-15,17,33H,4-5,8,11,16,18H2,1-3H3,(H,28,32)(H,30,31). The molecule has 2 amide bonds. The van der Waals surface area contributed by atoms with E-state index in [2.05, 4.69) is 55.3 Å². The molecule has 2 aromatic carbocycles. The number of aromatic nitrogens is 1. The minimum Gasteiger partial charge on any atom is -0.488 e. The first-order valence-electron chi connectivity index (χ1n) is 11.6. The van der Waals surface area contributed by atoms with Crippen LogP contribution < -0.4 is 15.5 Å². The van der Waals surface area contributed by atoms with Gasteiger partial charge in [-0.15, -0.1) is 0 Å². The van der Waals surface area contributed by atoms with Crippen LogP contribution in [0.1, 0.15) is 68.1 Å². The van der Waals surface area contributed by atoms with Crippen LogP contribution in [0.5, 0.6) is 5.75 Å². The van der Waals surface area contributed by atoms with Gasteiger partial charge in [-0.2, -0.15) is 0 Å². The second-order valence-corrected chi connectivity index (χ2v) is 9.36. The summed E-state index contributed by atoms with van der Waals surface area (Å²) in [7, 11) is 0. The topological polar surface area (TPSA) is 101 Å². The molecule has 7 nitrogen and oxygen atoms in total. The molecule has 3 N–H and O–H groups in total. The van der Waals surface area contributed by atoms with Crippen molar-refractivity contribution in [1.29, 1.82) is 0 Å². The Morgan fingerprint density at radius 3 is 2.44 bits per heavy atom.